The van der Waals surface area contributed by atoms with Crippen molar-refractivity contribution in [2.45, 2.75) is 148 Å². The van der Waals surface area contributed by atoms with Crippen molar-refractivity contribution in [3.63, 3.8) is 0 Å². The Morgan fingerprint density at radius 3 is 2.29 bits per heavy atom. The molecule has 0 bridgehead atoms. The van der Waals surface area contributed by atoms with Gasteiger partial charge in [0.2, 0.25) is 35.4 Å². The SMILES string of the molecule is CCCCCC/C=N/OCCCCn1cncc1C[C@H](NC(=O)[C@H](CC(C)C)NC(=O)[C@@H]1CCCN1C(C)=O)C(=O)N[C@@H](CO)C(=O)N[C@H](C(N)=O)[C@@H](C)OP(=O)(O)O. The monoisotopic (exact) mass is 857 g/mol. The number of carbonyl (C=O) groups is 6. The number of amides is 6. The number of aliphatic hydroxyl groups excluding tert-OH is 1. The van der Waals surface area contributed by atoms with Gasteiger partial charge in [-0.15, -0.1) is 0 Å². The van der Waals surface area contributed by atoms with Gasteiger partial charge in [-0.25, -0.2) is 9.55 Å². The molecule has 1 aliphatic heterocycles. The van der Waals surface area contributed by atoms with Crippen LogP contribution in [0.15, 0.2) is 17.7 Å². The second kappa shape index (κ2) is 25.9. The minimum Gasteiger partial charge on any atom is -0.396 e. The molecule has 1 aromatic heterocycles. The van der Waals surface area contributed by atoms with Crippen molar-refractivity contribution in [3.05, 3.63) is 18.2 Å². The number of nitrogens with two attached hydrogens (primary N) is 1. The van der Waals surface area contributed by atoms with Gasteiger partial charge in [-0.1, -0.05) is 45.2 Å². The van der Waals surface area contributed by atoms with E-state index in [1.54, 1.807) is 17.1 Å². The maximum absolute atomic E-state index is 14.0. The number of nitrogens with one attached hydrogen (secondary N) is 4. The first-order valence-corrected chi connectivity index (χ1v) is 21.7. The number of phosphoric ester groups is 1. The van der Waals surface area contributed by atoms with Crippen LogP contribution < -0.4 is 27.0 Å². The highest BCUT2D eigenvalue weighted by Crippen LogP contribution is 2.38. The summed E-state index contributed by atoms with van der Waals surface area (Å²) >= 11 is 0. The maximum Gasteiger partial charge on any atom is 0.469 e. The van der Waals surface area contributed by atoms with Crippen molar-refractivity contribution in [2.24, 2.45) is 16.8 Å². The number of likely N-dealkylation sites (tertiary alicyclic amines) is 1. The number of aromatic nitrogens is 2. The van der Waals surface area contributed by atoms with Gasteiger partial charge in [-0.3, -0.25) is 33.3 Å². The van der Waals surface area contributed by atoms with Crippen LogP contribution in [0.3, 0.4) is 0 Å². The molecule has 0 spiro atoms. The number of rotatable bonds is 28. The fraction of sp³-hybridized carbons (Fsp3) is 0.730. The number of aliphatic hydroxyl groups is 1. The van der Waals surface area contributed by atoms with E-state index in [1.165, 1.54) is 24.4 Å². The molecule has 22 heteroatoms. The summed E-state index contributed by atoms with van der Waals surface area (Å²) in [5.41, 5.74) is 5.85. The van der Waals surface area contributed by atoms with Gasteiger partial charge in [-0.05, 0) is 57.8 Å². The molecule has 0 radical (unpaired) electrons. The van der Waals surface area contributed by atoms with Crippen molar-refractivity contribution in [1.29, 1.82) is 0 Å². The van der Waals surface area contributed by atoms with Crippen LogP contribution in [-0.4, -0.2) is 127 Å². The second-order valence-corrected chi connectivity index (χ2v) is 16.2. The normalized spacial score (nSPS) is 16.9. The first-order chi connectivity index (χ1) is 27.9. The highest BCUT2D eigenvalue weighted by atomic mass is 31.2. The van der Waals surface area contributed by atoms with E-state index in [2.05, 4.69) is 42.9 Å². The van der Waals surface area contributed by atoms with Crippen LogP contribution >= 0.6 is 7.82 Å². The molecule has 1 aromatic rings. The molecule has 6 atom stereocenters. The number of aryl methyl sites for hydroxylation is 1. The summed E-state index contributed by atoms with van der Waals surface area (Å²) in [5, 5.41) is 24.1. The summed E-state index contributed by atoms with van der Waals surface area (Å²) in [6, 6.07) is -6.82. The third-order valence-corrected chi connectivity index (χ3v) is 10.2. The lowest BCUT2D eigenvalue weighted by Crippen LogP contribution is -2.61. The number of phosphoric acid groups is 1. The van der Waals surface area contributed by atoms with Crippen LogP contribution in [0.25, 0.3) is 0 Å². The summed E-state index contributed by atoms with van der Waals surface area (Å²) in [4.78, 5) is 108. The molecule has 1 saturated heterocycles. The number of imidazole rings is 1. The number of nitrogens with zero attached hydrogens (tertiary/aromatic N) is 4. The van der Waals surface area contributed by atoms with E-state index in [4.69, 9.17) is 10.6 Å². The number of oxime groups is 1. The Morgan fingerprint density at radius 2 is 1.66 bits per heavy atom. The molecule has 2 rings (SSSR count). The number of carbonyl (C=O) groups excluding carboxylic acids is 6. The molecule has 0 unspecified atom stereocenters. The van der Waals surface area contributed by atoms with Crippen LogP contribution in [0.1, 0.15) is 105 Å². The van der Waals surface area contributed by atoms with Crippen molar-refractivity contribution in [3.8, 4) is 0 Å². The van der Waals surface area contributed by atoms with Gasteiger partial charge in [0.1, 0.15) is 36.8 Å². The Kier molecular flexibility index (Phi) is 22.3. The van der Waals surface area contributed by atoms with Crippen molar-refractivity contribution in [1.82, 2.24) is 35.7 Å². The third-order valence-electron chi connectivity index (χ3n) is 9.56. The van der Waals surface area contributed by atoms with Crippen molar-refractivity contribution >= 4 is 49.5 Å². The first-order valence-electron chi connectivity index (χ1n) is 20.1. The fourth-order valence-electron chi connectivity index (χ4n) is 6.48. The maximum atomic E-state index is 14.0. The molecular weight excluding hydrogens is 793 g/mol. The Hall–Kier alpha value is -4.43. The summed E-state index contributed by atoms with van der Waals surface area (Å²) < 4.78 is 17.6. The highest BCUT2D eigenvalue weighted by molar-refractivity contribution is 7.46. The zero-order valence-electron chi connectivity index (χ0n) is 34.7. The fourth-order valence-corrected chi connectivity index (χ4v) is 7.04. The van der Waals surface area contributed by atoms with Crippen LogP contribution in [0.4, 0.5) is 0 Å². The van der Waals surface area contributed by atoms with E-state index in [0.29, 0.717) is 51.1 Å². The van der Waals surface area contributed by atoms with Crippen molar-refractivity contribution in [2.75, 3.05) is 19.8 Å². The topological polar surface area (TPSA) is 306 Å². The Balaban J connectivity index is 2.28. The predicted octanol–water partition coefficient (Wildman–Crippen LogP) is 0.150. The average molecular weight is 858 g/mol. The van der Waals surface area contributed by atoms with Gasteiger partial charge in [0, 0.05) is 44.5 Å². The molecule has 0 saturated carbocycles. The quantitative estimate of drug-likeness (QED) is 0.0241. The number of unbranched alkanes of at least 4 members (excludes halogenated alkanes) is 5. The summed E-state index contributed by atoms with van der Waals surface area (Å²) in [7, 11) is -5.11. The molecule has 0 aromatic carbocycles. The lowest BCUT2D eigenvalue weighted by Gasteiger charge is -2.28. The number of hydrogen-bond donors (Lipinski definition) is 8. The molecule has 1 aliphatic rings. The minimum atomic E-state index is -5.11. The van der Waals surface area contributed by atoms with E-state index in [0.717, 1.165) is 32.6 Å². The van der Waals surface area contributed by atoms with E-state index in [1.807, 2.05) is 13.8 Å². The molecule has 1 fully saturated rings. The van der Waals surface area contributed by atoms with Crippen LogP contribution in [0, 0.1) is 5.92 Å². The van der Waals surface area contributed by atoms with Crippen LogP contribution in [0.2, 0.25) is 0 Å². The largest absolute Gasteiger partial charge is 0.469 e. The van der Waals surface area contributed by atoms with Gasteiger partial charge in [0.05, 0.1) is 19.0 Å². The van der Waals surface area contributed by atoms with E-state index >= 15 is 0 Å². The number of primary amides is 1. The predicted molar refractivity (Wildman–Crippen MR) is 215 cm³/mol. The van der Waals surface area contributed by atoms with Crippen molar-refractivity contribution < 1.29 is 57.6 Å². The Morgan fingerprint density at radius 1 is 0.983 bits per heavy atom. The first kappa shape index (κ1) is 50.7. The Bertz CT molecular complexity index is 1600. The molecular formula is C37H64N9O12P. The standard InChI is InChI=1S/C37H64N9O12P/c1-6-7-8-9-10-15-40-57-18-12-11-16-45-23-39-21-27(45)20-29(35(51)43-30(22-47)36(52)44-32(33(38)49)25(4)58-59(54,55)56)41-34(50)28(19-24(2)3)42-37(53)31-14-13-17-46(31)26(5)48/h15,21,23-25,28-32,47H,6-14,16-20,22H2,1-5H3,(H2,38,49)(H,41,50)(H,42,53)(H,43,51)(H,44,52)(H2,54,55,56)/b40-15+/t25-,28+,29+,30+,31+,32+/m1/s1. The summed E-state index contributed by atoms with van der Waals surface area (Å²) in [6.07, 6.45) is 10.9. The van der Waals surface area contributed by atoms with Crippen LogP contribution in [-0.2, 0) is 55.7 Å². The van der Waals surface area contributed by atoms with Gasteiger partial charge >= 0.3 is 7.82 Å². The molecule has 9 N–H and O–H groups in total. The average Bonchev–Trinajstić information content (AvgIpc) is 3.83. The lowest BCUT2D eigenvalue weighted by atomic mass is 10.0. The Labute approximate surface area is 345 Å². The number of hydrogen-bond acceptors (Lipinski definition) is 12. The third kappa shape index (κ3) is 18.6. The summed E-state index contributed by atoms with van der Waals surface area (Å²) in [6.45, 7) is 8.52. The summed E-state index contributed by atoms with van der Waals surface area (Å²) in [5.74, 6) is -4.92. The van der Waals surface area contributed by atoms with E-state index < -0.39 is 80.3 Å². The lowest BCUT2D eigenvalue weighted by molar-refractivity contribution is -0.139. The molecule has 59 heavy (non-hydrogen) atoms. The smallest absolute Gasteiger partial charge is 0.396 e. The zero-order valence-corrected chi connectivity index (χ0v) is 35.6. The van der Waals surface area contributed by atoms with Gasteiger partial charge in [0.15, 0.2) is 0 Å². The minimum absolute atomic E-state index is 0.0923. The van der Waals surface area contributed by atoms with Crippen LogP contribution in [0.5, 0.6) is 0 Å². The molecule has 2 heterocycles. The molecule has 0 aliphatic carbocycles. The highest BCUT2D eigenvalue weighted by Gasteiger charge is 2.37. The van der Waals surface area contributed by atoms with E-state index in [9.17, 15) is 48.2 Å². The van der Waals surface area contributed by atoms with Gasteiger partial charge in [0.25, 0.3) is 0 Å². The van der Waals surface area contributed by atoms with Gasteiger partial charge in [-0.2, -0.15) is 0 Å². The molecule has 334 valence electrons. The molecule has 21 nitrogen and oxygen atoms in total. The molecule has 6 amide bonds. The van der Waals surface area contributed by atoms with E-state index in [-0.39, 0.29) is 24.7 Å². The second-order valence-electron chi connectivity index (χ2n) is 15.0. The zero-order chi connectivity index (χ0) is 44.1. The van der Waals surface area contributed by atoms with Gasteiger partial charge < -0.3 is 56.2 Å².